The first-order chi connectivity index (χ1) is 8.13. The van der Waals surface area contributed by atoms with Gasteiger partial charge in [0, 0.05) is 13.1 Å². The van der Waals surface area contributed by atoms with Gasteiger partial charge in [0.25, 0.3) is 0 Å². The summed E-state index contributed by atoms with van der Waals surface area (Å²) in [4.78, 5) is 2.28. The zero-order valence-corrected chi connectivity index (χ0v) is 12.0. The summed E-state index contributed by atoms with van der Waals surface area (Å²) < 4.78 is 0. The molecule has 0 atom stereocenters. The van der Waals surface area contributed by atoms with E-state index in [0.29, 0.717) is 10.0 Å². The highest BCUT2D eigenvalue weighted by molar-refractivity contribution is 6.42. The summed E-state index contributed by atoms with van der Waals surface area (Å²) in [6.07, 6.45) is 0.979. The summed E-state index contributed by atoms with van der Waals surface area (Å²) in [6, 6.07) is 5.81. The zero-order valence-electron chi connectivity index (χ0n) is 10.5. The molecule has 0 aliphatic carbocycles. The van der Waals surface area contributed by atoms with Crippen LogP contribution in [0, 0.1) is 0 Å². The molecule has 0 bridgehead atoms. The van der Waals surface area contributed by atoms with Crippen molar-refractivity contribution < 1.29 is 0 Å². The average Bonchev–Trinajstić information content (AvgIpc) is 2.33. The van der Waals surface area contributed by atoms with Gasteiger partial charge in [-0.15, -0.1) is 0 Å². The number of benzene rings is 1. The molecule has 1 rings (SSSR count). The molecule has 0 spiro atoms. The fraction of sp³-hybridized carbons (Fsp3) is 0.538. The zero-order chi connectivity index (χ0) is 12.7. The van der Waals surface area contributed by atoms with Gasteiger partial charge in [-0.2, -0.15) is 0 Å². The minimum absolute atomic E-state index is 0.618. The summed E-state index contributed by atoms with van der Waals surface area (Å²) in [5.74, 6) is 0. The number of hydrogen-bond acceptors (Lipinski definition) is 2. The second-order valence-corrected chi connectivity index (χ2v) is 4.96. The monoisotopic (exact) mass is 274 g/mol. The molecule has 0 fully saturated rings. The van der Waals surface area contributed by atoms with Crippen LogP contribution in [0.1, 0.15) is 12.5 Å². The summed E-state index contributed by atoms with van der Waals surface area (Å²) in [5, 5.41) is 4.67. The lowest BCUT2D eigenvalue weighted by Gasteiger charge is -2.13. The topological polar surface area (TPSA) is 15.3 Å². The van der Waals surface area contributed by atoms with Crippen LogP contribution in [0.4, 0.5) is 0 Å². The lowest BCUT2D eigenvalue weighted by Crippen LogP contribution is -2.30. The minimum atomic E-state index is 0.618. The van der Waals surface area contributed by atoms with Gasteiger partial charge < -0.3 is 10.2 Å². The van der Waals surface area contributed by atoms with Crippen LogP contribution in [0.5, 0.6) is 0 Å². The van der Waals surface area contributed by atoms with E-state index >= 15 is 0 Å². The van der Waals surface area contributed by atoms with E-state index in [1.165, 1.54) is 5.56 Å². The smallest absolute Gasteiger partial charge is 0.0595 e. The number of rotatable bonds is 7. The minimum Gasteiger partial charge on any atom is -0.315 e. The molecule has 0 unspecified atom stereocenters. The molecular formula is C13H20Cl2N2. The SMILES string of the molecule is CCN(C)CCNCCc1ccc(Cl)c(Cl)c1. The quantitative estimate of drug-likeness (QED) is 0.769. The van der Waals surface area contributed by atoms with Crippen LogP contribution in [0.15, 0.2) is 18.2 Å². The van der Waals surface area contributed by atoms with Crippen molar-refractivity contribution in [2.24, 2.45) is 0 Å². The van der Waals surface area contributed by atoms with Crippen LogP contribution in [0.2, 0.25) is 10.0 Å². The maximum absolute atomic E-state index is 5.96. The number of nitrogens with one attached hydrogen (secondary N) is 1. The highest BCUT2D eigenvalue weighted by Gasteiger charge is 1.99. The Labute approximate surface area is 114 Å². The molecule has 0 saturated carbocycles. The average molecular weight is 275 g/mol. The number of halogens is 2. The van der Waals surface area contributed by atoms with E-state index in [4.69, 9.17) is 23.2 Å². The molecule has 0 aliphatic rings. The molecule has 1 aromatic carbocycles. The highest BCUT2D eigenvalue weighted by Crippen LogP contribution is 2.22. The van der Waals surface area contributed by atoms with Gasteiger partial charge in [0.2, 0.25) is 0 Å². The van der Waals surface area contributed by atoms with Crippen LogP contribution < -0.4 is 5.32 Å². The van der Waals surface area contributed by atoms with Crippen molar-refractivity contribution in [3.05, 3.63) is 33.8 Å². The molecule has 0 radical (unpaired) electrons. The fourth-order valence-corrected chi connectivity index (χ4v) is 1.80. The van der Waals surface area contributed by atoms with Gasteiger partial charge in [-0.3, -0.25) is 0 Å². The third kappa shape index (κ3) is 5.73. The molecule has 0 saturated heterocycles. The molecule has 1 aromatic rings. The largest absolute Gasteiger partial charge is 0.315 e. The molecule has 2 nitrogen and oxygen atoms in total. The lowest BCUT2D eigenvalue weighted by molar-refractivity contribution is 0.349. The van der Waals surface area contributed by atoms with Crippen molar-refractivity contribution in [1.82, 2.24) is 10.2 Å². The van der Waals surface area contributed by atoms with Crippen molar-refractivity contribution in [2.75, 3.05) is 33.2 Å². The van der Waals surface area contributed by atoms with Crippen molar-refractivity contribution in [3.8, 4) is 0 Å². The molecule has 0 amide bonds. The van der Waals surface area contributed by atoms with Gasteiger partial charge in [0.15, 0.2) is 0 Å². The molecule has 0 heterocycles. The Kier molecular flexibility index (Phi) is 6.90. The van der Waals surface area contributed by atoms with Crippen LogP contribution in [-0.2, 0) is 6.42 Å². The van der Waals surface area contributed by atoms with E-state index in [0.717, 1.165) is 32.6 Å². The third-order valence-corrected chi connectivity index (χ3v) is 3.52. The Balaban J connectivity index is 2.20. The van der Waals surface area contributed by atoms with Gasteiger partial charge in [0.1, 0.15) is 0 Å². The van der Waals surface area contributed by atoms with Crippen LogP contribution in [0.25, 0.3) is 0 Å². The molecule has 4 heteroatoms. The first-order valence-electron chi connectivity index (χ1n) is 5.96. The van der Waals surface area contributed by atoms with E-state index in [2.05, 4.69) is 24.2 Å². The highest BCUT2D eigenvalue weighted by atomic mass is 35.5. The number of nitrogens with zero attached hydrogens (tertiary/aromatic N) is 1. The predicted octanol–water partition coefficient (Wildman–Crippen LogP) is 3.08. The van der Waals surface area contributed by atoms with Gasteiger partial charge in [-0.1, -0.05) is 36.2 Å². The van der Waals surface area contributed by atoms with Crippen LogP contribution >= 0.6 is 23.2 Å². The molecule has 0 aromatic heterocycles. The van der Waals surface area contributed by atoms with Crippen LogP contribution in [-0.4, -0.2) is 38.1 Å². The maximum atomic E-state index is 5.96. The van der Waals surface area contributed by atoms with Gasteiger partial charge in [0.05, 0.1) is 10.0 Å². The van der Waals surface area contributed by atoms with Crippen LogP contribution in [0.3, 0.4) is 0 Å². The van der Waals surface area contributed by atoms with E-state index < -0.39 is 0 Å². The predicted molar refractivity (Wildman–Crippen MR) is 76.2 cm³/mol. The van der Waals surface area contributed by atoms with Crippen molar-refractivity contribution in [1.29, 1.82) is 0 Å². The van der Waals surface area contributed by atoms with Gasteiger partial charge in [-0.25, -0.2) is 0 Å². The summed E-state index contributed by atoms with van der Waals surface area (Å²) in [7, 11) is 2.13. The molecule has 1 N–H and O–H groups in total. The second-order valence-electron chi connectivity index (χ2n) is 4.14. The Hall–Kier alpha value is -0.280. The molecular weight excluding hydrogens is 255 g/mol. The Morgan fingerprint density at radius 1 is 1.18 bits per heavy atom. The van der Waals surface area contributed by atoms with Gasteiger partial charge in [-0.05, 0) is 44.3 Å². The molecule has 0 aliphatic heterocycles. The third-order valence-electron chi connectivity index (χ3n) is 2.78. The molecule has 17 heavy (non-hydrogen) atoms. The van der Waals surface area contributed by atoms with Crippen molar-refractivity contribution in [3.63, 3.8) is 0 Å². The molecule has 96 valence electrons. The summed E-state index contributed by atoms with van der Waals surface area (Å²) in [6.45, 7) is 6.32. The van der Waals surface area contributed by atoms with E-state index in [-0.39, 0.29) is 0 Å². The van der Waals surface area contributed by atoms with Crippen molar-refractivity contribution in [2.45, 2.75) is 13.3 Å². The normalized spacial score (nSPS) is 11.1. The Morgan fingerprint density at radius 2 is 1.94 bits per heavy atom. The van der Waals surface area contributed by atoms with E-state index in [9.17, 15) is 0 Å². The Morgan fingerprint density at radius 3 is 2.59 bits per heavy atom. The number of likely N-dealkylation sites (N-methyl/N-ethyl adjacent to an activating group) is 1. The Bertz CT molecular complexity index is 342. The van der Waals surface area contributed by atoms with E-state index in [1.54, 1.807) is 0 Å². The summed E-state index contributed by atoms with van der Waals surface area (Å²) >= 11 is 11.8. The summed E-state index contributed by atoms with van der Waals surface area (Å²) in [5.41, 5.74) is 1.22. The second kappa shape index (κ2) is 7.93. The fourth-order valence-electron chi connectivity index (χ4n) is 1.48. The first-order valence-corrected chi connectivity index (χ1v) is 6.72. The van der Waals surface area contributed by atoms with Gasteiger partial charge >= 0.3 is 0 Å². The van der Waals surface area contributed by atoms with Crippen molar-refractivity contribution >= 4 is 23.2 Å². The first kappa shape index (κ1) is 14.8. The van der Waals surface area contributed by atoms with E-state index in [1.807, 2.05) is 18.2 Å². The lowest BCUT2D eigenvalue weighted by atomic mass is 10.1. The maximum Gasteiger partial charge on any atom is 0.0595 e. The standard InChI is InChI=1S/C13H20Cl2N2/c1-3-17(2)9-8-16-7-6-11-4-5-12(14)13(15)10-11/h4-5,10,16H,3,6-9H2,1-2H3. The number of hydrogen-bond donors (Lipinski definition) is 1.